The van der Waals surface area contributed by atoms with Crippen LogP contribution in [0.5, 0.6) is 5.75 Å². The molecule has 0 radical (unpaired) electrons. The summed E-state index contributed by atoms with van der Waals surface area (Å²) in [6, 6.07) is 10.9. The van der Waals surface area contributed by atoms with Crippen LogP contribution in [0, 0.1) is 0 Å². The van der Waals surface area contributed by atoms with E-state index in [0.29, 0.717) is 13.0 Å². The molecule has 2 N–H and O–H groups in total. The second kappa shape index (κ2) is 8.97. The number of carbonyl (C=O) groups excluding carboxylic acids is 2. The third-order valence-electron chi connectivity index (χ3n) is 3.04. The largest absolute Gasteiger partial charge is 0.433 e. The fourth-order valence-electron chi connectivity index (χ4n) is 1.95. The van der Waals surface area contributed by atoms with E-state index in [1.54, 1.807) is 0 Å². The smallest absolute Gasteiger partial charge is 0.387 e. The third kappa shape index (κ3) is 5.62. The van der Waals surface area contributed by atoms with E-state index in [9.17, 15) is 18.4 Å². The highest BCUT2D eigenvalue weighted by atomic mass is 32.1. The van der Waals surface area contributed by atoms with Gasteiger partial charge in [-0.05, 0) is 23.4 Å². The molecule has 0 saturated carbocycles. The van der Waals surface area contributed by atoms with Crippen LogP contribution in [0.3, 0.4) is 0 Å². The molecule has 2 amide bonds. The Morgan fingerprint density at radius 2 is 1.88 bits per heavy atom. The van der Waals surface area contributed by atoms with E-state index in [2.05, 4.69) is 15.4 Å². The number of hydrogen-bond donors (Lipinski definition) is 2. The highest BCUT2D eigenvalue weighted by Crippen LogP contribution is 2.26. The first-order chi connectivity index (χ1) is 11.6. The molecule has 2 aromatic rings. The van der Waals surface area contributed by atoms with Crippen LogP contribution in [0.4, 0.5) is 8.78 Å². The van der Waals surface area contributed by atoms with Crippen molar-refractivity contribution in [3.05, 3.63) is 52.2 Å². The lowest BCUT2D eigenvalue weighted by atomic mass is 10.1. The first-order valence-electron chi connectivity index (χ1n) is 7.17. The van der Waals surface area contributed by atoms with Crippen molar-refractivity contribution in [2.45, 2.75) is 13.0 Å². The number of nitrogens with one attached hydrogen (secondary N) is 2. The van der Waals surface area contributed by atoms with Crippen molar-refractivity contribution in [3.63, 3.8) is 0 Å². The maximum atomic E-state index is 12.2. The lowest BCUT2D eigenvalue weighted by Gasteiger charge is -2.08. The maximum absolute atomic E-state index is 12.2. The number of halogens is 2. The quantitative estimate of drug-likeness (QED) is 0.765. The van der Waals surface area contributed by atoms with Crippen molar-refractivity contribution in [2.24, 2.45) is 0 Å². The van der Waals surface area contributed by atoms with Crippen LogP contribution in [-0.4, -0.2) is 31.5 Å². The standard InChI is InChI=1S/C16H16F2N2O3S/c17-16(18)23-12-7-9-24-14(12)15(22)20-10-13(21)19-8-6-11-4-2-1-3-5-11/h1-5,7,9,16H,6,8,10H2,(H,19,21)(H,20,22). The summed E-state index contributed by atoms with van der Waals surface area (Å²) in [4.78, 5) is 23.6. The molecule has 0 aliphatic carbocycles. The van der Waals surface area contributed by atoms with Crippen molar-refractivity contribution < 1.29 is 23.1 Å². The van der Waals surface area contributed by atoms with Gasteiger partial charge in [-0.2, -0.15) is 8.78 Å². The number of thiophene rings is 1. The van der Waals surface area contributed by atoms with Crippen molar-refractivity contribution in [1.29, 1.82) is 0 Å². The molecule has 0 unspecified atom stereocenters. The summed E-state index contributed by atoms with van der Waals surface area (Å²) in [6.45, 7) is -2.80. The highest BCUT2D eigenvalue weighted by molar-refractivity contribution is 7.12. The van der Waals surface area contributed by atoms with Gasteiger partial charge in [-0.25, -0.2) is 0 Å². The van der Waals surface area contributed by atoms with Gasteiger partial charge in [0.15, 0.2) is 0 Å². The van der Waals surface area contributed by atoms with Crippen LogP contribution in [-0.2, 0) is 11.2 Å². The second-order valence-corrected chi connectivity index (χ2v) is 5.68. The Morgan fingerprint density at radius 3 is 2.58 bits per heavy atom. The topological polar surface area (TPSA) is 67.4 Å². The summed E-state index contributed by atoms with van der Waals surface area (Å²) >= 11 is 0.964. The second-order valence-electron chi connectivity index (χ2n) is 4.76. The van der Waals surface area contributed by atoms with Gasteiger partial charge in [0.25, 0.3) is 5.91 Å². The molecule has 2 rings (SSSR count). The van der Waals surface area contributed by atoms with Gasteiger partial charge in [0, 0.05) is 6.54 Å². The van der Waals surface area contributed by atoms with E-state index in [-0.39, 0.29) is 23.1 Å². The van der Waals surface area contributed by atoms with Gasteiger partial charge >= 0.3 is 6.61 Å². The fraction of sp³-hybridized carbons (Fsp3) is 0.250. The predicted molar refractivity (Wildman–Crippen MR) is 86.4 cm³/mol. The Kier molecular flexibility index (Phi) is 6.68. The highest BCUT2D eigenvalue weighted by Gasteiger charge is 2.17. The average molecular weight is 354 g/mol. The van der Waals surface area contributed by atoms with Gasteiger partial charge < -0.3 is 15.4 Å². The van der Waals surface area contributed by atoms with Gasteiger partial charge in [-0.1, -0.05) is 30.3 Å². The number of alkyl halides is 2. The Morgan fingerprint density at radius 1 is 1.12 bits per heavy atom. The van der Waals surface area contributed by atoms with Gasteiger partial charge in [0.2, 0.25) is 5.91 Å². The zero-order chi connectivity index (χ0) is 17.4. The van der Waals surface area contributed by atoms with Crippen LogP contribution < -0.4 is 15.4 Å². The molecule has 0 bridgehead atoms. The van der Waals surface area contributed by atoms with Crippen molar-refractivity contribution in [3.8, 4) is 5.75 Å². The molecule has 0 atom stereocenters. The van der Waals surface area contributed by atoms with Crippen LogP contribution in [0.2, 0.25) is 0 Å². The number of carbonyl (C=O) groups is 2. The van der Waals surface area contributed by atoms with Crippen LogP contribution in [0.15, 0.2) is 41.8 Å². The van der Waals surface area contributed by atoms with E-state index in [0.717, 1.165) is 16.9 Å². The molecule has 0 aliphatic rings. The summed E-state index contributed by atoms with van der Waals surface area (Å²) < 4.78 is 28.7. The van der Waals surface area contributed by atoms with E-state index in [1.165, 1.54) is 11.4 Å². The molecule has 1 aromatic carbocycles. The molecule has 0 spiro atoms. The molecule has 5 nitrogen and oxygen atoms in total. The molecule has 0 aliphatic heterocycles. The van der Waals surface area contributed by atoms with Crippen molar-refractivity contribution in [1.82, 2.24) is 10.6 Å². The fourth-order valence-corrected chi connectivity index (χ4v) is 2.69. The molecule has 24 heavy (non-hydrogen) atoms. The maximum Gasteiger partial charge on any atom is 0.387 e. The zero-order valence-electron chi connectivity index (χ0n) is 12.6. The summed E-state index contributed by atoms with van der Waals surface area (Å²) in [5, 5.41) is 6.52. The first kappa shape index (κ1) is 17.9. The molecule has 128 valence electrons. The monoisotopic (exact) mass is 354 g/mol. The van der Waals surface area contributed by atoms with Gasteiger partial charge in [-0.3, -0.25) is 9.59 Å². The molecule has 1 heterocycles. The van der Waals surface area contributed by atoms with E-state index < -0.39 is 12.5 Å². The lowest BCUT2D eigenvalue weighted by Crippen LogP contribution is -2.37. The van der Waals surface area contributed by atoms with Crippen molar-refractivity contribution >= 4 is 23.2 Å². The zero-order valence-corrected chi connectivity index (χ0v) is 13.4. The Bertz CT molecular complexity index is 677. The summed E-state index contributed by atoms with van der Waals surface area (Å²) in [5.74, 6) is -1.18. The Balaban J connectivity index is 1.73. The number of hydrogen-bond acceptors (Lipinski definition) is 4. The van der Waals surface area contributed by atoms with Gasteiger partial charge in [-0.15, -0.1) is 11.3 Å². The molecule has 0 fully saturated rings. The van der Waals surface area contributed by atoms with Crippen LogP contribution >= 0.6 is 11.3 Å². The van der Waals surface area contributed by atoms with E-state index in [1.807, 2.05) is 30.3 Å². The van der Waals surface area contributed by atoms with E-state index >= 15 is 0 Å². The predicted octanol–water partition coefficient (Wildman–Crippen LogP) is 2.44. The summed E-state index contributed by atoms with van der Waals surface area (Å²) in [5.41, 5.74) is 1.09. The van der Waals surface area contributed by atoms with Crippen LogP contribution in [0.25, 0.3) is 0 Å². The first-order valence-corrected chi connectivity index (χ1v) is 8.05. The third-order valence-corrected chi connectivity index (χ3v) is 3.93. The molecular formula is C16H16F2N2O3S. The minimum absolute atomic E-state index is 0.00684. The average Bonchev–Trinajstić information content (AvgIpc) is 3.01. The normalized spacial score (nSPS) is 10.5. The van der Waals surface area contributed by atoms with Gasteiger partial charge in [0.05, 0.1) is 6.54 Å². The molecular weight excluding hydrogens is 338 g/mol. The number of ether oxygens (including phenoxy) is 1. The minimum atomic E-state index is -3.01. The molecule has 1 aromatic heterocycles. The molecule has 0 saturated heterocycles. The molecule has 8 heteroatoms. The minimum Gasteiger partial charge on any atom is -0.433 e. The SMILES string of the molecule is O=C(CNC(=O)c1sccc1OC(F)F)NCCc1ccccc1. The Hall–Kier alpha value is -2.48. The number of amides is 2. The lowest BCUT2D eigenvalue weighted by molar-refractivity contribution is -0.120. The van der Waals surface area contributed by atoms with Gasteiger partial charge in [0.1, 0.15) is 10.6 Å². The number of benzene rings is 1. The number of rotatable bonds is 8. The van der Waals surface area contributed by atoms with Crippen molar-refractivity contribution in [2.75, 3.05) is 13.1 Å². The summed E-state index contributed by atoms with van der Waals surface area (Å²) in [7, 11) is 0. The van der Waals surface area contributed by atoms with Crippen LogP contribution in [0.1, 0.15) is 15.2 Å². The summed E-state index contributed by atoms with van der Waals surface area (Å²) in [6.07, 6.45) is 0.678. The Labute approximate surface area is 141 Å². The van der Waals surface area contributed by atoms with E-state index in [4.69, 9.17) is 0 Å².